The lowest BCUT2D eigenvalue weighted by Crippen LogP contribution is -2.39. The highest BCUT2D eigenvalue weighted by Gasteiger charge is 2.17. The lowest BCUT2D eigenvalue weighted by Gasteiger charge is -2.24. The van der Waals surface area contributed by atoms with Gasteiger partial charge in [-0.2, -0.15) is 0 Å². The lowest BCUT2D eigenvalue weighted by atomic mass is 10.0. The predicted octanol–water partition coefficient (Wildman–Crippen LogP) is 0.981. The number of carbonyl (C=O) groups is 1. The molecule has 0 aromatic heterocycles. The van der Waals surface area contributed by atoms with E-state index in [2.05, 4.69) is 6.92 Å². The van der Waals surface area contributed by atoms with Crippen molar-refractivity contribution in [3.8, 4) is 0 Å². The van der Waals surface area contributed by atoms with Gasteiger partial charge in [0.25, 0.3) is 0 Å². The second-order valence-electron chi connectivity index (χ2n) is 4.57. The first-order valence-electron chi connectivity index (χ1n) is 6.17. The van der Waals surface area contributed by atoms with E-state index >= 15 is 0 Å². The molecule has 0 aliphatic heterocycles. The minimum Gasteiger partial charge on any atom is -0.395 e. The van der Waals surface area contributed by atoms with E-state index in [-0.39, 0.29) is 18.6 Å². The molecular formula is C12H26N2O2. The van der Waals surface area contributed by atoms with Crippen molar-refractivity contribution in [2.24, 2.45) is 11.7 Å². The average Bonchev–Trinajstić information content (AvgIpc) is 2.23. The maximum atomic E-state index is 11.9. The average molecular weight is 230 g/mol. The second-order valence-corrected chi connectivity index (χ2v) is 4.57. The summed E-state index contributed by atoms with van der Waals surface area (Å²) in [5, 5.41) is 8.90. The molecule has 1 unspecified atom stereocenters. The number of rotatable bonds is 8. The third-order valence-corrected chi connectivity index (χ3v) is 2.77. The zero-order chi connectivity index (χ0) is 12.6. The van der Waals surface area contributed by atoms with Crippen LogP contribution in [-0.4, -0.2) is 41.7 Å². The van der Waals surface area contributed by atoms with Crippen LogP contribution in [-0.2, 0) is 4.79 Å². The molecule has 0 aromatic carbocycles. The van der Waals surface area contributed by atoms with E-state index in [9.17, 15) is 4.79 Å². The molecule has 1 atom stereocenters. The number of hydrogen-bond acceptors (Lipinski definition) is 3. The summed E-state index contributed by atoms with van der Waals surface area (Å²) in [5.74, 6) is 0.370. The molecule has 0 rings (SSSR count). The van der Waals surface area contributed by atoms with Gasteiger partial charge < -0.3 is 15.7 Å². The van der Waals surface area contributed by atoms with Crippen molar-refractivity contribution in [3.05, 3.63) is 0 Å². The van der Waals surface area contributed by atoms with E-state index in [1.54, 1.807) is 4.90 Å². The Morgan fingerprint density at radius 3 is 2.44 bits per heavy atom. The molecule has 0 saturated heterocycles. The quantitative estimate of drug-likeness (QED) is 0.653. The topological polar surface area (TPSA) is 66.6 Å². The number of aliphatic hydroxyl groups is 1. The van der Waals surface area contributed by atoms with Gasteiger partial charge in [-0.3, -0.25) is 4.79 Å². The van der Waals surface area contributed by atoms with Crippen molar-refractivity contribution in [2.75, 3.05) is 19.7 Å². The number of nitrogens with zero attached hydrogens (tertiary/aromatic N) is 1. The Labute approximate surface area is 98.8 Å². The summed E-state index contributed by atoms with van der Waals surface area (Å²) in [6, 6.07) is -0.0877. The minimum absolute atomic E-state index is 0.0202. The van der Waals surface area contributed by atoms with Crippen LogP contribution in [0.25, 0.3) is 0 Å². The van der Waals surface area contributed by atoms with Crippen LogP contribution in [0.4, 0.5) is 0 Å². The van der Waals surface area contributed by atoms with Crippen molar-refractivity contribution in [1.29, 1.82) is 0 Å². The Balaban J connectivity index is 4.15. The molecule has 0 fully saturated rings. The maximum absolute atomic E-state index is 11.9. The van der Waals surface area contributed by atoms with Gasteiger partial charge in [-0.25, -0.2) is 0 Å². The Morgan fingerprint density at radius 2 is 2.00 bits per heavy atom. The first kappa shape index (κ1) is 15.4. The summed E-state index contributed by atoms with van der Waals surface area (Å²) >= 11 is 0. The van der Waals surface area contributed by atoms with Gasteiger partial charge in [0, 0.05) is 25.6 Å². The zero-order valence-electron chi connectivity index (χ0n) is 10.8. The number of amides is 1. The highest BCUT2D eigenvalue weighted by molar-refractivity contribution is 5.76. The molecule has 0 aliphatic carbocycles. The van der Waals surface area contributed by atoms with E-state index in [1.165, 1.54) is 0 Å². The van der Waals surface area contributed by atoms with Crippen LogP contribution in [0.3, 0.4) is 0 Å². The minimum atomic E-state index is -0.0877. The Bertz CT molecular complexity index is 195. The van der Waals surface area contributed by atoms with Gasteiger partial charge in [0.05, 0.1) is 6.61 Å². The molecule has 4 nitrogen and oxygen atoms in total. The Kier molecular flexibility index (Phi) is 8.21. The molecule has 3 N–H and O–H groups in total. The number of nitrogens with two attached hydrogens (primary N) is 1. The fourth-order valence-electron chi connectivity index (χ4n) is 1.40. The van der Waals surface area contributed by atoms with Gasteiger partial charge in [0.1, 0.15) is 0 Å². The molecule has 0 radical (unpaired) electrons. The normalized spacial score (nSPS) is 12.9. The van der Waals surface area contributed by atoms with E-state index < -0.39 is 0 Å². The van der Waals surface area contributed by atoms with Gasteiger partial charge in [0.2, 0.25) is 5.91 Å². The SMILES string of the molecule is CCCCN(CCO)C(=O)CC(N)C(C)C. The van der Waals surface area contributed by atoms with E-state index in [0.29, 0.717) is 18.9 Å². The molecule has 1 amide bonds. The van der Waals surface area contributed by atoms with Gasteiger partial charge in [-0.05, 0) is 12.3 Å². The first-order chi connectivity index (χ1) is 7.52. The van der Waals surface area contributed by atoms with Gasteiger partial charge in [0.15, 0.2) is 0 Å². The summed E-state index contributed by atoms with van der Waals surface area (Å²) < 4.78 is 0. The predicted molar refractivity (Wildman–Crippen MR) is 66.0 cm³/mol. The smallest absolute Gasteiger partial charge is 0.224 e. The lowest BCUT2D eigenvalue weighted by molar-refractivity contribution is -0.132. The zero-order valence-corrected chi connectivity index (χ0v) is 10.8. The van der Waals surface area contributed by atoms with Gasteiger partial charge in [-0.15, -0.1) is 0 Å². The number of aliphatic hydroxyl groups excluding tert-OH is 1. The van der Waals surface area contributed by atoms with Crippen LogP contribution < -0.4 is 5.73 Å². The van der Waals surface area contributed by atoms with Crippen LogP contribution in [0.2, 0.25) is 0 Å². The first-order valence-corrected chi connectivity index (χ1v) is 6.17. The summed E-state index contributed by atoms with van der Waals surface area (Å²) in [4.78, 5) is 13.6. The standard InChI is InChI=1S/C12H26N2O2/c1-4-5-6-14(7-8-15)12(16)9-11(13)10(2)3/h10-11,15H,4-9,13H2,1-3H3. The number of unbranched alkanes of at least 4 members (excludes halogenated alkanes) is 1. The summed E-state index contributed by atoms with van der Waals surface area (Å²) in [6.07, 6.45) is 2.40. The van der Waals surface area contributed by atoms with E-state index in [4.69, 9.17) is 10.8 Å². The monoisotopic (exact) mass is 230 g/mol. The van der Waals surface area contributed by atoms with Crippen LogP contribution in [0, 0.1) is 5.92 Å². The second kappa shape index (κ2) is 8.53. The molecule has 16 heavy (non-hydrogen) atoms. The molecule has 0 spiro atoms. The molecule has 96 valence electrons. The van der Waals surface area contributed by atoms with Gasteiger partial charge in [-0.1, -0.05) is 27.2 Å². The molecule has 4 heteroatoms. The highest BCUT2D eigenvalue weighted by atomic mass is 16.3. The fourth-order valence-corrected chi connectivity index (χ4v) is 1.40. The summed E-state index contributed by atoms with van der Waals surface area (Å²) in [5.41, 5.74) is 5.87. The largest absolute Gasteiger partial charge is 0.395 e. The van der Waals surface area contributed by atoms with Crippen molar-refractivity contribution >= 4 is 5.91 Å². The van der Waals surface area contributed by atoms with Crippen molar-refractivity contribution in [1.82, 2.24) is 4.90 Å². The Hall–Kier alpha value is -0.610. The van der Waals surface area contributed by atoms with Crippen molar-refractivity contribution in [3.63, 3.8) is 0 Å². The summed E-state index contributed by atoms with van der Waals surface area (Å²) in [7, 11) is 0. The fraction of sp³-hybridized carbons (Fsp3) is 0.917. The molecule has 0 aromatic rings. The van der Waals surface area contributed by atoms with Crippen LogP contribution in [0.5, 0.6) is 0 Å². The highest BCUT2D eigenvalue weighted by Crippen LogP contribution is 2.06. The molecular weight excluding hydrogens is 204 g/mol. The Morgan fingerprint density at radius 1 is 1.38 bits per heavy atom. The molecule has 0 bridgehead atoms. The van der Waals surface area contributed by atoms with Crippen LogP contribution >= 0.6 is 0 Å². The van der Waals surface area contributed by atoms with Crippen molar-refractivity contribution in [2.45, 2.75) is 46.1 Å². The molecule has 0 aliphatic rings. The summed E-state index contributed by atoms with van der Waals surface area (Å²) in [6.45, 7) is 7.28. The maximum Gasteiger partial charge on any atom is 0.224 e. The number of carbonyl (C=O) groups excluding carboxylic acids is 1. The van der Waals surface area contributed by atoms with Crippen LogP contribution in [0.1, 0.15) is 40.0 Å². The molecule has 0 heterocycles. The van der Waals surface area contributed by atoms with E-state index in [0.717, 1.165) is 19.4 Å². The third kappa shape index (κ3) is 6.08. The van der Waals surface area contributed by atoms with E-state index in [1.807, 2.05) is 13.8 Å². The third-order valence-electron chi connectivity index (χ3n) is 2.77. The number of hydrogen-bond donors (Lipinski definition) is 2. The molecule has 0 saturated carbocycles. The van der Waals surface area contributed by atoms with Crippen molar-refractivity contribution < 1.29 is 9.90 Å². The van der Waals surface area contributed by atoms with Gasteiger partial charge >= 0.3 is 0 Å². The van der Waals surface area contributed by atoms with Crippen LogP contribution in [0.15, 0.2) is 0 Å².